The molecular weight excluding hydrogens is 350 g/mol. The second kappa shape index (κ2) is 9.35. The highest BCUT2D eigenvalue weighted by atomic mass is 32.1. The standard InChI is InChI=1S/C19H25N3O3S/c1-12(11-24-3)20-19(26)22-21-18(23)13(2)14-5-6-16-10-17(25-4)8-7-15(16)9-14/h5-10,12-13H,11H2,1-4H3,(H,21,23)(H2,20,22,26)/t12-,13+/m1/s1. The molecule has 2 rings (SSSR count). The number of ether oxygens (including phenoxy) is 2. The first kappa shape index (κ1) is 19.9. The Morgan fingerprint density at radius 3 is 2.46 bits per heavy atom. The zero-order chi connectivity index (χ0) is 19.1. The third-order valence-electron chi connectivity index (χ3n) is 4.06. The van der Waals surface area contributed by atoms with Crippen molar-refractivity contribution in [1.29, 1.82) is 0 Å². The van der Waals surface area contributed by atoms with Crippen molar-refractivity contribution in [3.05, 3.63) is 42.0 Å². The Labute approximate surface area is 159 Å². The minimum atomic E-state index is -0.326. The molecule has 0 fully saturated rings. The first-order valence-electron chi connectivity index (χ1n) is 8.37. The van der Waals surface area contributed by atoms with Crippen LogP contribution in [0.4, 0.5) is 0 Å². The van der Waals surface area contributed by atoms with E-state index in [4.69, 9.17) is 21.7 Å². The van der Waals surface area contributed by atoms with Gasteiger partial charge in [0.2, 0.25) is 5.91 Å². The van der Waals surface area contributed by atoms with Gasteiger partial charge >= 0.3 is 0 Å². The van der Waals surface area contributed by atoms with E-state index in [0.717, 1.165) is 22.1 Å². The zero-order valence-electron chi connectivity index (χ0n) is 15.5. The molecule has 0 aliphatic rings. The summed E-state index contributed by atoms with van der Waals surface area (Å²) >= 11 is 5.15. The lowest BCUT2D eigenvalue weighted by Gasteiger charge is -2.18. The number of rotatable bonds is 6. The lowest BCUT2D eigenvalue weighted by Crippen LogP contribution is -2.50. The van der Waals surface area contributed by atoms with Gasteiger partial charge in [0.05, 0.1) is 19.6 Å². The van der Waals surface area contributed by atoms with E-state index >= 15 is 0 Å². The van der Waals surface area contributed by atoms with Crippen LogP contribution < -0.4 is 20.9 Å². The Hall–Kier alpha value is -2.38. The molecule has 7 heteroatoms. The highest BCUT2D eigenvalue weighted by Crippen LogP contribution is 2.25. The molecule has 0 heterocycles. The molecule has 0 saturated carbocycles. The lowest BCUT2D eigenvalue weighted by atomic mass is 9.97. The van der Waals surface area contributed by atoms with Crippen LogP contribution in [0.3, 0.4) is 0 Å². The van der Waals surface area contributed by atoms with E-state index in [2.05, 4.69) is 16.2 Å². The van der Waals surface area contributed by atoms with Gasteiger partial charge in [-0.15, -0.1) is 0 Å². The fraction of sp³-hybridized carbons (Fsp3) is 0.368. The predicted octanol–water partition coefficient (Wildman–Crippen LogP) is 2.48. The number of hydrogen-bond acceptors (Lipinski definition) is 4. The Bertz CT molecular complexity index is 782. The van der Waals surface area contributed by atoms with E-state index in [0.29, 0.717) is 11.7 Å². The third-order valence-corrected chi connectivity index (χ3v) is 4.28. The third kappa shape index (κ3) is 5.31. The molecule has 140 valence electrons. The van der Waals surface area contributed by atoms with Crippen molar-refractivity contribution in [2.45, 2.75) is 25.8 Å². The van der Waals surface area contributed by atoms with Crippen molar-refractivity contribution in [3.63, 3.8) is 0 Å². The molecule has 6 nitrogen and oxygen atoms in total. The summed E-state index contributed by atoms with van der Waals surface area (Å²) in [6.45, 7) is 4.31. The van der Waals surface area contributed by atoms with Crippen molar-refractivity contribution < 1.29 is 14.3 Å². The topological polar surface area (TPSA) is 71.6 Å². The molecule has 0 aliphatic carbocycles. The van der Waals surface area contributed by atoms with E-state index in [1.807, 2.05) is 50.2 Å². The fourth-order valence-corrected chi connectivity index (χ4v) is 2.82. The van der Waals surface area contributed by atoms with Crippen LogP contribution in [0, 0.1) is 0 Å². The Morgan fingerprint density at radius 2 is 1.77 bits per heavy atom. The molecule has 0 saturated heterocycles. The second-order valence-corrected chi connectivity index (χ2v) is 6.55. The monoisotopic (exact) mass is 375 g/mol. The first-order chi connectivity index (χ1) is 12.4. The van der Waals surface area contributed by atoms with E-state index in [9.17, 15) is 4.79 Å². The number of amides is 1. The van der Waals surface area contributed by atoms with Gasteiger partial charge in [-0.25, -0.2) is 0 Å². The molecule has 0 radical (unpaired) electrons. The summed E-state index contributed by atoms with van der Waals surface area (Å²) < 4.78 is 10.3. The molecule has 26 heavy (non-hydrogen) atoms. The van der Waals surface area contributed by atoms with Crippen molar-refractivity contribution in [3.8, 4) is 5.75 Å². The molecule has 2 aromatic carbocycles. The number of fused-ring (bicyclic) bond motifs is 1. The van der Waals surface area contributed by atoms with Crippen molar-refractivity contribution >= 4 is 34.0 Å². The molecule has 0 bridgehead atoms. The van der Waals surface area contributed by atoms with Gasteiger partial charge in [0, 0.05) is 13.2 Å². The number of methoxy groups -OCH3 is 2. The van der Waals surface area contributed by atoms with Gasteiger partial charge in [0.25, 0.3) is 0 Å². The van der Waals surface area contributed by atoms with Crippen LogP contribution in [0.5, 0.6) is 5.75 Å². The minimum absolute atomic E-state index is 0.0480. The van der Waals surface area contributed by atoms with E-state index in [1.165, 1.54) is 0 Å². The van der Waals surface area contributed by atoms with Crippen LogP contribution in [0.25, 0.3) is 10.8 Å². The highest BCUT2D eigenvalue weighted by Gasteiger charge is 2.16. The molecule has 0 aromatic heterocycles. The molecule has 1 amide bonds. The molecule has 2 atom stereocenters. The molecule has 0 aliphatic heterocycles. The summed E-state index contributed by atoms with van der Waals surface area (Å²) in [5, 5.41) is 5.49. The number of nitrogens with one attached hydrogen (secondary N) is 3. The van der Waals surface area contributed by atoms with Gasteiger partial charge in [-0.3, -0.25) is 15.6 Å². The number of hydrazine groups is 1. The number of benzene rings is 2. The Morgan fingerprint density at radius 1 is 1.08 bits per heavy atom. The zero-order valence-corrected chi connectivity index (χ0v) is 16.3. The normalized spacial score (nSPS) is 12.9. The minimum Gasteiger partial charge on any atom is -0.497 e. The summed E-state index contributed by atoms with van der Waals surface area (Å²) in [4.78, 5) is 12.4. The summed E-state index contributed by atoms with van der Waals surface area (Å²) in [6, 6.07) is 11.9. The van der Waals surface area contributed by atoms with Crippen LogP contribution in [0.2, 0.25) is 0 Å². The average Bonchev–Trinajstić information content (AvgIpc) is 2.64. The van der Waals surface area contributed by atoms with Crippen LogP contribution >= 0.6 is 12.2 Å². The van der Waals surface area contributed by atoms with E-state index in [1.54, 1.807) is 14.2 Å². The first-order valence-corrected chi connectivity index (χ1v) is 8.78. The molecule has 2 aromatic rings. The van der Waals surface area contributed by atoms with Crippen molar-refractivity contribution in [2.75, 3.05) is 20.8 Å². The largest absolute Gasteiger partial charge is 0.497 e. The average molecular weight is 375 g/mol. The maximum Gasteiger partial charge on any atom is 0.245 e. The number of carbonyl (C=O) groups excluding carboxylic acids is 1. The molecule has 3 N–H and O–H groups in total. The maximum atomic E-state index is 12.4. The highest BCUT2D eigenvalue weighted by molar-refractivity contribution is 7.80. The van der Waals surface area contributed by atoms with Gasteiger partial charge in [-0.2, -0.15) is 0 Å². The van der Waals surface area contributed by atoms with Gasteiger partial charge in [-0.1, -0.05) is 24.3 Å². The molecular formula is C19H25N3O3S. The maximum absolute atomic E-state index is 12.4. The van der Waals surface area contributed by atoms with Gasteiger partial charge in [0.15, 0.2) is 5.11 Å². The summed E-state index contributed by atoms with van der Waals surface area (Å²) in [7, 11) is 3.27. The second-order valence-electron chi connectivity index (χ2n) is 6.14. The SMILES string of the molecule is COC[C@@H](C)NC(=S)NNC(=O)[C@@H](C)c1ccc2cc(OC)ccc2c1. The van der Waals surface area contributed by atoms with Crippen LogP contribution in [0.15, 0.2) is 36.4 Å². The summed E-state index contributed by atoms with van der Waals surface area (Å²) in [5.74, 6) is 0.318. The molecule has 0 spiro atoms. The molecule has 0 unspecified atom stereocenters. The predicted molar refractivity (Wildman–Crippen MR) is 107 cm³/mol. The number of hydrogen-bond donors (Lipinski definition) is 3. The van der Waals surface area contributed by atoms with Gasteiger partial charge in [0.1, 0.15) is 5.75 Å². The smallest absolute Gasteiger partial charge is 0.245 e. The van der Waals surface area contributed by atoms with E-state index < -0.39 is 0 Å². The van der Waals surface area contributed by atoms with Crippen molar-refractivity contribution in [1.82, 2.24) is 16.2 Å². The van der Waals surface area contributed by atoms with Crippen molar-refractivity contribution in [2.24, 2.45) is 0 Å². The van der Waals surface area contributed by atoms with Gasteiger partial charge < -0.3 is 14.8 Å². The summed E-state index contributed by atoms with van der Waals surface area (Å²) in [6.07, 6.45) is 0. The van der Waals surface area contributed by atoms with Crippen LogP contribution in [0.1, 0.15) is 25.3 Å². The lowest BCUT2D eigenvalue weighted by molar-refractivity contribution is -0.122. The number of thiocarbonyl (C=S) groups is 1. The van der Waals surface area contributed by atoms with Crippen LogP contribution in [-0.4, -0.2) is 37.9 Å². The fourth-order valence-electron chi connectivity index (χ4n) is 2.57. The number of carbonyl (C=O) groups is 1. The quantitative estimate of drug-likeness (QED) is 0.532. The Balaban J connectivity index is 1.97. The van der Waals surface area contributed by atoms with E-state index in [-0.39, 0.29) is 17.9 Å². The summed E-state index contributed by atoms with van der Waals surface area (Å²) in [5.41, 5.74) is 6.29. The van der Waals surface area contributed by atoms with Gasteiger partial charge in [-0.05, 0) is 54.5 Å². The Kier molecular flexibility index (Phi) is 7.17. The van der Waals surface area contributed by atoms with Crippen LogP contribution in [-0.2, 0) is 9.53 Å².